The molecule has 0 aliphatic heterocycles. The normalized spacial score (nSPS) is 14.7. The molecule has 18 heavy (non-hydrogen) atoms. The lowest BCUT2D eigenvalue weighted by molar-refractivity contribution is -0.384. The van der Waals surface area contributed by atoms with E-state index in [0.717, 1.165) is 18.0 Å². The minimum absolute atomic E-state index is 0.0393. The molecule has 0 heterocycles. The Labute approximate surface area is 111 Å². The maximum absolute atomic E-state index is 10.6. The first-order valence-corrected chi connectivity index (χ1v) is 6.68. The first kappa shape index (κ1) is 13.3. The van der Waals surface area contributed by atoms with Crippen LogP contribution in [0.3, 0.4) is 0 Å². The molecular formula is C13H17ClN2O2. The van der Waals surface area contributed by atoms with Crippen molar-refractivity contribution in [1.82, 2.24) is 5.32 Å². The van der Waals surface area contributed by atoms with Crippen molar-refractivity contribution in [3.05, 3.63) is 38.9 Å². The van der Waals surface area contributed by atoms with E-state index in [9.17, 15) is 10.1 Å². The second-order valence-corrected chi connectivity index (χ2v) is 5.20. The van der Waals surface area contributed by atoms with E-state index in [0.29, 0.717) is 11.6 Å². The number of benzene rings is 1. The molecule has 0 spiro atoms. The molecular weight excluding hydrogens is 252 g/mol. The fourth-order valence-corrected chi connectivity index (χ4v) is 2.18. The predicted octanol–water partition coefficient (Wildman–Crippen LogP) is 3.53. The van der Waals surface area contributed by atoms with Gasteiger partial charge in [0.1, 0.15) is 0 Å². The summed E-state index contributed by atoms with van der Waals surface area (Å²) in [5.41, 5.74) is 0.950. The van der Waals surface area contributed by atoms with Crippen LogP contribution < -0.4 is 5.32 Å². The van der Waals surface area contributed by atoms with E-state index < -0.39 is 4.92 Å². The molecule has 0 saturated heterocycles. The molecule has 0 aromatic heterocycles. The Morgan fingerprint density at radius 1 is 1.44 bits per heavy atom. The molecule has 0 unspecified atom stereocenters. The van der Waals surface area contributed by atoms with Crippen LogP contribution in [0.4, 0.5) is 5.69 Å². The summed E-state index contributed by atoms with van der Waals surface area (Å²) in [6.07, 6.45) is 5.29. The molecule has 1 N–H and O–H groups in total. The van der Waals surface area contributed by atoms with Crippen molar-refractivity contribution in [3.8, 4) is 0 Å². The quantitative estimate of drug-likeness (QED) is 0.468. The SMILES string of the molecule is O=[N+]([O-])c1ccc(CNCCCC2CC2)c(Cl)c1. The molecule has 4 nitrogen and oxygen atoms in total. The Hall–Kier alpha value is -1.13. The number of nitrogens with one attached hydrogen (secondary N) is 1. The van der Waals surface area contributed by atoms with E-state index in [1.807, 2.05) is 0 Å². The second kappa shape index (κ2) is 6.16. The Balaban J connectivity index is 1.75. The summed E-state index contributed by atoms with van der Waals surface area (Å²) < 4.78 is 0. The van der Waals surface area contributed by atoms with Crippen LogP contribution in [-0.4, -0.2) is 11.5 Å². The van der Waals surface area contributed by atoms with E-state index in [-0.39, 0.29) is 5.69 Å². The molecule has 1 aromatic carbocycles. The third-order valence-corrected chi connectivity index (χ3v) is 3.58. The van der Waals surface area contributed by atoms with Gasteiger partial charge >= 0.3 is 0 Å². The zero-order valence-corrected chi connectivity index (χ0v) is 10.9. The molecule has 98 valence electrons. The number of halogens is 1. The number of hydrogen-bond donors (Lipinski definition) is 1. The number of hydrogen-bond acceptors (Lipinski definition) is 3. The van der Waals surface area contributed by atoms with Crippen molar-refractivity contribution in [2.24, 2.45) is 5.92 Å². The second-order valence-electron chi connectivity index (χ2n) is 4.80. The van der Waals surface area contributed by atoms with Crippen LogP contribution in [0.5, 0.6) is 0 Å². The fourth-order valence-electron chi connectivity index (χ4n) is 1.94. The van der Waals surface area contributed by atoms with E-state index in [1.54, 1.807) is 6.07 Å². The molecule has 1 aromatic rings. The van der Waals surface area contributed by atoms with Gasteiger partial charge in [0.2, 0.25) is 0 Å². The zero-order chi connectivity index (χ0) is 13.0. The highest BCUT2D eigenvalue weighted by Gasteiger charge is 2.19. The van der Waals surface area contributed by atoms with Gasteiger partial charge in [-0.05, 0) is 36.9 Å². The molecule has 1 saturated carbocycles. The van der Waals surface area contributed by atoms with Gasteiger partial charge in [-0.1, -0.05) is 24.4 Å². The van der Waals surface area contributed by atoms with Crippen LogP contribution in [0, 0.1) is 16.0 Å². The molecule has 0 amide bonds. The lowest BCUT2D eigenvalue weighted by Gasteiger charge is -2.06. The smallest absolute Gasteiger partial charge is 0.270 e. The van der Waals surface area contributed by atoms with Crippen molar-refractivity contribution < 1.29 is 4.92 Å². The molecule has 0 atom stereocenters. The minimum Gasteiger partial charge on any atom is -0.313 e. The highest BCUT2D eigenvalue weighted by atomic mass is 35.5. The lowest BCUT2D eigenvalue weighted by atomic mass is 10.2. The van der Waals surface area contributed by atoms with Crippen molar-refractivity contribution in [2.75, 3.05) is 6.54 Å². The number of rotatable bonds is 7. The minimum atomic E-state index is -0.432. The fraction of sp³-hybridized carbons (Fsp3) is 0.538. The van der Waals surface area contributed by atoms with Gasteiger partial charge < -0.3 is 5.32 Å². The van der Waals surface area contributed by atoms with Crippen LogP contribution in [0.2, 0.25) is 5.02 Å². The summed E-state index contributed by atoms with van der Waals surface area (Å²) in [5.74, 6) is 0.967. The average Bonchev–Trinajstić information content (AvgIpc) is 3.14. The molecule has 2 rings (SSSR count). The Bertz CT molecular complexity index is 433. The number of nitrogens with zero attached hydrogens (tertiary/aromatic N) is 1. The third-order valence-electron chi connectivity index (χ3n) is 3.23. The zero-order valence-electron chi connectivity index (χ0n) is 10.2. The largest absolute Gasteiger partial charge is 0.313 e. The average molecular weight is 269 g/mol. The van der Waals surface area contributed by atoms with Gasteiger partial charge in [-0.15, -0.1) is 0 Å². The highest BCUT2D eigenvalue weighted by Crippen LogP contribution is 2.33. The van der Waals surface area contributed by atoms with Gasteiger partial charge in [0.05, 0.1) is 9.95 Å². The molecule has 1 aliphatic carbocycles. The van der Waals surface area contributed by atoms with Crippen LogP contribution in [-0.2, 0) is 6.54 Å². The van der Waals surface area contributed by atoms with Crippen molar-refractivity contribution >= 4 is 17.3 Å². The van der Waals surface area contributed by atoms with Gasteiger partial charge in [0.15, 0.2) is 0 Å². The van der Waals surface area contributed by atoms with E-state index in [1.165, 1.54) is 37.8 Å². The van der Waals surface area contributed by atoms with Crippen LogP contribution in [0.15, 0.2) is 18.2 Å². The summed E-state index contributed by atoms with van der Waals surface area (Å²) in [4.78, 5) is 10.1. The molecule has 0 bridgehead atoms. The summed E-state index contributed by atoms with van der Waals surface area (Å²) in [7, 11) is 0. The van der Waals surface area contributed by atoms with Gasteiger partial charge in [0.25, 0.3) is 5.69 Å². The maximum Gasteiger partial charge on any atom is 0.270 e. The summed E-state index contributed by atoms with van der Waals surface area (Å²) in [6.45, 7) is 1.64. The van der Waals surface area contributed by atoms with Gasteiger partial charge in [-0.25, -0.2) is 0 Å². The maximum atomic E-state index is 10.6. The topological polar surface area (TPSA) is 55.2 Å². The van der Waals surface area contributed by atoms with Crippen molar-refractivity contribution in [2.45, 2.75) is 32.2 Å². The molecule has 0 radical (unpaired) electrons. The standard InChI is InChI=1S/C13H17ClN2O2/c14-13-8-12(16(17)18)6-5-11(13)9-15-7-1-2-10-3-4-10/h5-6,8,10,15H,1-4,7,9H2. The number of nitro groups is 1. The van der Waals surface area contributed by atoms with Gasteiger partial charge in [-0.2, -0.15) is 0 Å². The van der Waals surface area contributed by atoms with E-state index in [4.69, 9.17) is 11.6 Å². The van der Waals surface area contributed by atoms with E-state index in [2.05, 4.69) is 5.32 Å². The van der Waals surface area contributed by atoms with Crippen LogP contribution in [0.25, 0.3) is 0 Å². The van der Waals surface area contributed by atoms with Gasteiger partial charge in [0, 0.05) is 18.7 Å². The molecule has 1 aliphatic rings. The van der Waals surface area contributed by atoms with Crippen molar-refractivity contribution in [3.63, 3.8) is 0 Å². The summed E-state index contributed by atoms with van der Waals surface area (Å²) in [6, 6.07) is 4.62. The first-order valence-electron chi connectivity index (χ1n) is 6.30. The molecule has 5 heteroatoms. The number of nitro benzene ring substituents is 1. The lowest BCUT2D eigenvalue weighted by Crippen LogP contribution is -2.15. The summed E-state index contributed by atoms with van der Waals surface area (Å²) >= 11 is 6.00. The molecule has 1 fully saturated rings. The van der Waals surface area contributed by atoms with Crippen LogP contribution in [0.1, 0.15) is 31.2 Å². The first-order chi connectivity index (χ1) is 8.66. The highest BCUT2D eigenvalue weighted by molar-refractivity contribution is 6.31. The summed E-state index contributed by atoms with van der Waals surface area (Å²) in [5, 5.41) is 14.3. The van der Waals surface area contributed by atoms with Gasteiger partial charge in [-0.3, -0.25) is 10.1 Å². The number of non-ortho nitro benzene ring substituents is 1. The Morgan fingerprint density at radius 3 is 2.83 bits per heavy atom. The van der Waals surface area contributed by atoms with E-state index >= 15 is 0 Å². The van der Waals surface area contributed by atoms with Crippen LogP contribution >= 0.6 is 11.6 Å². The third kappa shape index (κ3) is 3.96. The van der Waals surface area contributed by atoms with Crippen molar-refractivity contribution in [1.29, 1.82) is 0 Å². The Morgan fingerprint density at radius 2 is 2.22 bits per heavy atom. The monoisotopic (exact) mass is 268 g/mol. The Kier molecular flexibility index (Phi) is 4.55. The predicted molar refractivity (Wildman–Crippen MR) is 71.8 cm³/mol.